The normalized spacial score (nSPS) is 10.1. The molecule has 0 aromatic heterocycles. The number of rotatable bonds is 10. The molecule has 0 saturated heterocycles. The Bertz CT molecular complexity index is 461. The van der Waals surface area contributed by atoms with Gasteiger partial charge in [-0.15, -0.1) is 0 Å². The number of aliphatic carboxylic acids is 1. The Morgan fingerprint density at radius 2 is 2.05 bits per heavy atom. The summed E-state index contributed by atoms with van der Waals surface area (Å²) in [5.41, 5.74) is 0.629. The second kappa shape index (κ2) is 9.77. The Hall–Kier alpha value is -2.08. The lowest BCUT2D eigenvalue weighted by Crippen LogP contribution is -2.12. The predicted molar refractivity (Wildman–Crippen MR) is 78.5 cm³/mol. The van der Waals surface area contributed by atoms with E-state index in [9.17, 15) is 9.59 Å². The summed E-state index contributed by atoms with van der Waals surface area (Å²) in [6.07, 6.45) is 0.501. The van der Waals surface area contributed by atoms with E-state index in [1.165, 1.54) is 0 Å². The number of amides is 1. The molecule has 1 amide bonds. The number of carboxylic acids is 1. The van der Waals surface area contributed by atoms with Gasteiger partial charge in [-0.3, -0.25) is 9.59 Å². The second-order valence-electron chi connectivity index (χ2n) is 4.37. The molecule has 0 heterocycles. The molecule has 0 bridgehead atoms. The molecule has 6 nitrogen and oxygen atoms in total. The Balaban J connectivity index is 2.37. The van der Waals surface area contributed by atoms with Gasteiger partial charge >= 0.3 is 5.97 Å². The van der Waals surface area contributed by atoms with Crippen molar-refractivity contribution in [2.24, 2.45) is 0 Å². The Morgan fingerprint density at radius 1 is 1.24 bits per heavy atom. The van der Waals surface area contributed by atoms with Crippen LogP contribution in [0.15, 0.2) is 24.3 Å². The van der Waals surface area contributed by atoms with Crippen molar-refractivity contribution in [2.75, 3.05) is 25.1 Å². The summed E-state index contributed by atoms with van der Waals surface area (Å²) in [5.74, 6) is -0.451. The number of carboxylic acid groups (broad SMARTS) is 1. The maximum atomic E-state index is 11.6. The summed E-state index contributed by atoms with van der Waals surface area (Å²) in [6.45, 7) is 3.53. The molecule has 0 aliphatic carbocycles. The maximum absolute atomic E-state index is 11.6. The number of anilines is 1. The molecule has 0 atom stereocenters. The lowest BCUT2D eigenvalue weighted by molar-refractivity contribution is -0.137. The van der Waals surface area contributed by atoms with Crippen molar-refractivity contribution in [3.05, 3.63) is 24.3 Å². The number of hydrogen-bond acceptors (Lipinski definition) is 4. The van der Waals surface area contributed by atoms with Crippen LogP contribution in [0.1, 0.15) is 26.2 Å². The fourth-order valence-electron chi connectivity index (χ4n) is 1.65. The molecule has 0 aliphatic rings. The average Bonchev–Trinajstić information content (AvgIpc) is 2.43. The van der Waals surface area contributed by atoms with Crippen molar-refractivity contribution in [3.8, 4) is 5.75 Å². The van der Waals surface area contributed by atoms with Gasteiger partial charge < -0.3 is 19.9 Å². The van der Waals surface area contributed by atoms with Crippen LogP contribution in [-0.2, 0) is 14.3 Å². The molecular weight excluding hydrogens is 274 g/mol. The number of carbonyl (C=O) groups is 2. The number of carbonyl (C=O) groups excluding carboxylic acids is 1. The summed E-state index contributed by atoms with van der Waals surface area (Å²) >= 11 is 0. The van der Waals surface area contributed by atoms with Crippen LogP contribution in [0.2, 0.25) is 0 Å². The van der Waals surface area contributed by atoms with Crippen molar-refractivity contribution in [1.29, 1.82) is 0 Å². The van der Waals surface area contributed by atoms with Gasteiger partial charge in [0.2, 0.25) is 5.91 Å². The minimum absolute atomic E-state index is 0.00595. The standard InChI is InChI=1S/C15H21NO5/c1-2-20-9-10-21-13-6-3-5-12(11-13)16-14(17)7-4-8-15(18)19/h3,5-6,11H,2,4,7-10H2,1H3,(H,16,17)(H,18,19). The summed E-state index contributed by atoms with van der Waals surface area (Å²) in [4.78, 5) is 22.0. The van der Waals surface area contributed by atoms with Crippen LogP contribution in [0.25, 0.3) is 0 Å². The van der Waals surface area contributed by atoms with Crippen molar-refractivity contribution < 1.29 is 24.2 Å². The van der Waals surface area contributed by atoms with E-state index < -0.39 is 5.97 Å². The van der Waals surface area contributed by atoms with Crippen molar-refractivity contribution >= 4 is 17.6 Å². The van der Waals surface area contributed by atoms with Gasteiger partial charge in [-0.05, 0) is 25.5 Å². The molecule has 6 heteroatoms. The number of benzene rings is 1. The Kier molecular flexibility index (Phi) is 7.89. The van der Waals surface area contributed by atoms with E-state index in [4.69, 9.17) is 14.6 Å². The summed E-state index contributed by atoms with van der Waals surface area (Å²) in [7, 11) is 0. The SMILES string of the molecule is CCOCCOc1cccc(NC(=O)CCCC(=O)O)c1. The first-order chi connectivity index (χ1) is 10.1. The van der Waals surface area contributed by atoms with E-state index in [2.05, 4.69) is 5.32 Å². The molecule has 21 heavy (non-hydrogen) atoms. The maximum Gasteiger partial charge on any atom is 0.303 e. The largest absolute Gasteiger partial charge is 0.491 e. The molecule has 0 aliphatic heterocycles. The number of nitrogens with one attached hydrogen (secondary N) is 1. The molecule has 0 fully saturated rings. The third-order valence-electron chi connectivity index (χ3n) is 2.61. The zero-order valence-electron chi connectivity index (χ0n) is 12.1. The van der Waals surface area contributed by atoms with Crippen molar-refractivity contribution in [2.45, 2.75) is 26.2 Å². The first-order valence-corrected chi connectivity index (χ1v) is 6.94. The van der Waals surface area contributed by atoms with Gasteiger partial charge in [-0.25, -0.2) is 0 Å². The summed E-state index contributed by atoms with van der Waals surface area (Å²) < 4.78 is 10.7. The first kappa shape index (κ1) is 17.0. The van der Waals surface area contributed by atoms with E-state index >= 15 is 0 Å². The van der Waals surface area contributed by atoms with E-state index in [1.807, 2.05) is 6.92 Å². The van der Waals surface area contributed by atoms with Gasteiger partial charge in [0.05, 0.1) is 6.61 Å². The fraction of sp³-hybridized carbons (Fsp3) is 0.467. The molecule has 0 radical (unpaired) electrons. The highest BCUT2D eigenvalue weighted by molar-refractivity contribution is 5.91. The van der Waals surface area contributed by atoms with Crippen LogP contribution in [0, 0.1) is 0 Å². The monoisotopic (exact) mass is 295 g/mol. The molecule has 0 spiro atoms. The van der Waals surface area contributed by atoms with Crippen LogP contribution in [-0.4, -0.2) is 36.8 Å². The third-order valence-corrected chi connectivity index (χ3v) is 2.61. The highest BCUT2D eigenvalue weighted by Crippen LogP contribution is 2.17. The van der Waals surface area contributed by atoms with Gasteiger partial charge in [-0.1, -0.05) is 6.07 Å². The highest BCUT2D eigenvalue weighted by Gasteiger charge is 2.05. The molecule has 1 rings (SSSR count). The number of hydrogen-bond donors (Lipinski definition) is 2. The first-order valence-electron chi connectivity index (χ1n) is 6.94. The average molecular weight is 295 g/mol. The second-order valence-corrected chi connectivity index (χ2v) is 4.37. The quantitative estimate of drug-likeness (QED) is 0.647. The van der Waals surface area contributed by atoms with Gasteiger partial charge in [0, 0.05) is 31.2 Å². The van der Waals surface area contributed by atoms with Crippen molar-refractivity contribution in [1.82, 2.24) is 0 Å². The zero-order valence-corrected chi connectivity index (χ0v) is 12.1. The molecule has 1 aromatic carbocycles. The Morgan fingerprint density at radius 3 is 2.76 bits per heavy atom. The zero-order chi connectivity index (χ0) is 15.5. The van der Waals surface area contributed by atoms with Crippen LogP contribution in [0.4, 0.5) is 5.69 Å². The van der Waals surface area contributed by atoms with Crippen LogP contribution in [0.3, 0.4) is 0 Å². The van der Waals surface area contributed by atoms with Gasteiger partial charge in [0.25, 0.3) is 0 Å². The lowest BCUT2D eigenvalue weighted by Gasteiger charge is -2.09. The lowest BCUT2D eigenvalue weighted by atomic mass is 10.2. The van der Waals surface area contributed by atoms with Crippen LogP contribution in [0.5, 0.6) is 5.75 Å². The summed E-state index contributed by atoms with van der Waals surface area (Å²) in [6, 6.07) is 7.06. The van der Waals surface area contributed by atoms with E-state index in [0.717, 1.165) is 0 Å². The molecule has 1 aromatic rings. The number of ether oxygens (including phenoxy) is 2. The topological polar surface area (TPSA) is 84.9 Å². The van der Waals surface area contributed by atoms with Gasteiger partial charge in [0.1, 0.15) is 12.4 Å². The van der Waals surface area contributed by atoms with Gasteiger partial charge in [-0.2, -0.15) is 0 Å². The summed E-state index contributed by atoms with van der Waals surface area (Å²) in [5, 5.41) is 11.2. The molecular formula is C15H21NO5. The highest BCUT2D eigenvalue weighted by atomic mass is 16.5. The van der Waals surface area contributed by atoms with E-state index in [0.29, 0.717) is 37.7 Å². The fourth-order valence-corrected chi connectivity index (χ4v) is 1.65. The van der Waals surface area contributed by atoms with Crippen LogP contribution >= 0.6 is 0 Å². The molecule has 116 valence electrons. The van der Waals surface area contributed by atoms with E-state index in [1.54, 1.807) is 24.3 Å². The Labute approximate surface area is 124 Å². The smallest absolute Gasteiger partial charge is 0.303 e. The molecule has 0 saturated carbocycles. The van der Waals surface area contributed by atoms with E-state index in [-0.39, 0.29) is 18.7 Å². The van der Waals surface area contributed by atoms with Gasteiger partial charge in [0.15, 0.2) is 0 Å². The predicted octanol–water partition coefficient (Wildman–Crippen LogP) is 2.30. The van der Waals surface area contributed by atoms with Crippen molar-refractivity contribution in [3.63, 3.8) is 0 Å². The molecule has 0 unspecified atom stereocenters. The minimum Gasteiger partial charge on any atom is -0.491 e. The molecule has 2 N–H and O–H groups in total. The van der Waals surface area contributed by atoms with Crippen LogP contribution < -0.4 is 10.1 Å². The minimum atomic E-state index is -0.896. The third kappa shape index (κ3) is 7.94.